The molecule has 1 heterocycles. The monoisotopic (exact) mass is 517 g/mol. The first-order valence-electron chi connectivity index (χ1n) is 10.6. The van der Waals surface area contributed by atoms with Gasteiger partial charge in [-0.3, -0.25) is 4.79 Å². The number of aromatic nitrogens is 4. The van der Waals surface area contributed by atoms with Gasteiger partial charge in [-0.2, -0.15) is 13.2 Å². The molecule has 4 rings (SSSR count). The van der Waals surface area contributed by atoms with Crippen LogP contribution in [-0.4, -0.2) is 43.9 Å². The van der Waals surface area contributed by atoms with Crippen molar-refractivity contribution in [2.75, 3.05) is 6.54 Å². The first-order chi connectivity index (χ1) is 17.2. The fourth-order valence-corrected chi connectivity index (χ4v) is 3.68. The first kappa shape index (κ1) is 25.0. The van der Waals surface area contributed by atoms with Crippen LogP contribution in [0.1, 0.15) is 21.5 Å². The highest BCUT2D eigenvalue weighted by Crippen LogP contribution is 2.35. The smallest absolute Gasteiger partial charge is 0.417 e. The topological polar surface area (TPSA) is 102 Å². The number of halogens is 4. The Kier molecular flexibility index (Phi) is 7.39. The molecule has 1 atom stereocenters. The minimum atomic E-state index is -4.62. The number of nitrogens with zero attached hydrogens (tertiary/aromatic N) is 4. The number of rotatable bonds is 8. The maximum absolute atomic E-state index is 13.3. The van der Waals surface area contributed by atoms with Crippen molar-refractivity contribution in [3.05, 3.63) is 94.8 Å². The average Bonchev–Trinajstić information content (AvgIpc) is 3.39. The molecule has 2 N–H and O–H groups in total. The lowest BCUT2D eigenvalue weighted by Gasteiger charge is -2.21. The Labute approximate surface area is 208 Å². The third-order valence-electron chi connectivity index (χ3n) is 5.19. The zero-order chi connectivity index (χ0) is 25.7. The molecule has 1 amide bonds. The van der Waals surface area contributed by atoms with Crippen molar-refractivity contribution in [1.82, 2.24) is 25.5 Å². The number of phenols is 1. The number of carbonyl (C=O) groups excluding carboxylic acids is 1. The van der Waals surface area contributed by atoms with E-state index in [-0.39, 0.29) is 24.3 Å². The van der Waals surface area contributed by atoms with Crippen LogP contribution in [0, 0.1) is 0 Å². The average molecular weight is 518 g/mol. The fraction of sp³-hybridized carbons (Fsp3) is 0.167. The molecular weight excluding hydrogens is 499 g/mol. The molecule has 0 aliphatic rings. The Bertz CT molecular complexity index is 1330. The second-order valence-corrected chi connectivity index (χ2v) is 8.14. The van der Waals surface area contributed by atoms with Crippen molar-refractivity contribution < 1.29 is 27.8 Å². The van der Waals surface area contributed by atoms with Crippen LogP contribution in [0.2, 0.25) is 5.02 Å². The highest BCUT2D eigenvalue weighted by atomic mass is 35.5. The summed E-state index contributed by atoms with van der Waals surface area (Å²) >= 11 is 5.74. The maximum Gasteiger partial charge on any atom is 0.417 e. The van der Waals surface area contributed by atoms with Gasteiger partial charge in [-0.25, -0.2) is 4.68 Å². The van der Waals surface area contributed by atoms with E-state index < -0.39 is 28.8 Å². The predicted octanol–water partition coefficient (Wildman–Crippen LogP) is 4.46. The van der Waals surface area contributed by atoms with Crippen LogP contribution in [0.15, 0.2) is 73.1 Å². The summed E-state index contributed by atoms with van der Waals surface area (Å²) in [5.74, 6) is -0.334. The number of nitrogens with one attached hydrogen (secondary N) is 1. The van der Waals surface area contributed by atoms with Gasteiger partial charge in [-0.1, -0.05) is 29.8 Å². The number of tetrazole rings is 1. The summed E-state index contributed by atoms with van der Waals surface area (Å²) in [6.45, 7) is -0.0497. The van der Waals surface area contributed by atoms with Crippen molar-refractivity contribution in [3.63, 3.8) is 0 Å². The molecular formula is C24H19ClF3N5O3. The number of hydrogen-bond acceptors (Lipinski definition) is 6. The van der Waals surface area contributed by atoms with Gasteiger partial charge in [0.1, 0.15) is 23.9 Å². The van der Waals surface area contributed by atoms with E-state index in [9.17, 15) is 23.1 Å². The summed E-state index contributed by atoms with van der Waals surface area (Å²) in [6, 6.07) is 16.3. The van der Waals surface area contributed by atoms with Crippen LogP contribution in [0.4, 0.5) is 13.2 Å². The quantitative estimate of drug-likeness (QED) is 0.358. The molecule has 1 aromatic heterocycles. The van der Waals surface area contributed by atoms with E-state index in [4.69, 9.17) is 16.3 Å². The number of alkyl halides is 3. The number of phenolic OH excluding ortho intramolecular Hbond substituents is 1. The minimum Gasteiger partial charge on any atom is -0.507 e. The van der Waals surface area contributed by atoms with Crippen molar-refractivity contribution in [3.8, 4) is 17.2 Å². The third kappa shape index (κ3) is 6.11. The minimum absolute atomic E-state index is 0.0377. The number of benzene rings is 3. The third-order valence-corrected chi connectivity index (χ3v) is 5.52. The maximum atomic E-state index is 13.3. The fourth-order valence-electron chi connectivity index (χ4n) is 3.45. The summed E-state index contributed by atoms with van der Waals surface area (Å²) in [5, 5.41) is 23.1. The van der Waals surface area contributed by atoms with Gasteiger partial charge in [0.05, 0.1) is 28.4 Å². The molecule has 0 bridgehead atoms. The van der Waals surface area contributed by atoms with Crippen LogP contribution in [-0.2, 0) is 12.6 Å². The first-order valence-corrected chi connectivity index (χ1v) is 11.0. The summed E-state index contributed by atoms with van der Waals surface area (Å²) in [7, 11) is 0. The Balaban J connectivity index is 1.54. The highest BCUT2D eigenvalue weighted by Gasteiger charge is 2.33. The SMILES string of the molecule is O=C(NCC(Cc1ccc(Cl)c(C(F)(F)F)c1)Oc1ccc(-n2cnnn2)cc1)c1ccccc1O. The molecule has 1 unspecified atom stereocenters. The molecule has 3 aromatic carbocycles. The van der Waals surface area contributed by atoms with E-state index in [2.05, 4.69) is 20.8 Å². The number of carbonyl (C=O) groups is 1. The largest absolute Gasteiger partial charge is 0.507 e. The second-order valence-electron chi connectivity index (χ2n) is 7.73. The summed E-state index contributed by atoms with van der Waals surface area (Å²) in [6.07, 6.45) is -3.91. The highest BCUT2D eigenvalue weighted by molar-refractivity contribution is 6.31. The molecule has 0 saturated carbocycles. The summed E-state index contributed by atoms with van der Waals surface area (Å²) in [4.78, 5) is 12.6. The lowest BCUT2D eigenvalue weighted by atomic mass is 10.0. The van der Waals surface area contributed by atoms with Gasteiger partial charge in [0, 0.05) is 6.42 Å². The number of aromatic hydroxyl groups is 1. The van der Waals surface area contributed by atoms with Crippen LogP contribution < -0.4 is 10.1 Å². The van der Waals surface area contributed by atoms with Crippen LogP contribution in [0.25, 0.3) is 5.69 Å². The standard InChI is InChI=1S/C24H19ClF3N5O3/c25-21-10-5-15(12-20(21)24(26,27)28)11-18(13-29-23(35)19-3-1-2-4-22(19)34)36-17-8-6-16(7-9-17)33-14-30-31-32-33/h1-10,12,14,18,34H,11,13H2,(H,29,35). The Morgan fingerprint density at radius 3 is 2.53 bits per heavy atom. The zero-order valence-corrected chi connectivity index (χ0v) is 19.2. The second kappa shape index (κ2) is 10.6. The van der Waals surface area contributed by atoms with E-state index in [1.807, 2.05) is 0 Å². The zero-order valence-electron chi connectivity index (χ0n) is 18.5. The normalized spacial score (nSPS) is 12.2. The van der Waals surface area contributed by atoms with Gasteiger partial charge in [-0.15, -0.1) is 5.10 Å². The lowest BCUT2D eigenvalue weighted by Crippen LogP contribution is -2.36. The molecule has 36 heavy (non-hydrogen) atoms. The number of amides is 1. The molecule has 0 saturated heterocycles. The Morgan fingerprint density at radius 1 is 1.11 bits per heavy atom. The van der Waals surface area contributed by atoms with Gasteiger partial charge < -0.3 is 15.2 Å². The van der Waals surface area contributed by atoms with Gasteiger partial charge in [0.2, 0.25) is 0 Å². The van der Waals surface area contributed by atoms with E-state index in [1.54, 1.807) is 36.4 Å². The van der Waals surface area contributed by atoms with E-state index >= 15 is 0 Å². The Morgan fingerprint density at radius 2 is 1.86 bits per heavy atom. The molecule has 4 aromatic rings. The van der Waals surface area contributed by atoms with Crippen molar-refractivity contribution in [2.24, 2.45) is 0 Å². The summed E-state index contributed by atoms with van der Waals surface area (Å²) in [5.41, 5.74) is 0.0977. The van der Waals surface area contributed by atoms with Gasteiger partial charge in [0.25, 0.3) is 5.91 Å². The molecule has 0 aliphatic heterocycles. The number of para-hydroxylation sites is 1. The van der Waals surface area contributed by atoms with Crippen molar-refractivity contribution in [1.29, 1.82) is 0 Å². The van der Waals surface area contributed by atoms with Crippen LogP contribution in [0.3, 0.4) is 0 Å². The lowest BCUT2D eigenvalue weighted by molar-refractivity contribution is -0.137. The molecule has 186 valence electrons. The number of hydrogen-bond donors (Lipinski definition) is 2. The number of ether oxygens (including phenoxy) is 1. The molecule has 0 radical (unpaired) electrons. The van der Waals surface area contributed by atoms with Crippen LogP contribution >= 0.6 is 11.6 Å². The van der Waals surface area contributed by atoms with E-state index in [0.717, 1.165) is 6.07 Å². The van der Waals surface area contributed by atoms with Gasteiger partial charge >= 0.3 is 6.18 Å². The summed E-state index contributed by atoms with van der Waals surface area (Å²) < 4.78 is 47.5. The molecule has 0 spiro atoms. The molecule has 0 aliphatic carbocycles. The van der Waals surface area contributed by atoms with Gasteiger partial charge in [0.15, 0.2) is 0 Å². The molecule has 12 heteroatoms. The molecule has 8 nitrogen and oxygen atoms in total. The molecule has 0 fully saturated rings. The Hall–Kier alpha value is -4.12. The van der Waals surface area contributed by atoms with Crippen molar-refractivity contribution >= 4 is 17.5 Å². The van der Waals surface area contributed by atoms with Crippen LogP contribution in [0.5, 0.6) is 11.5 Å². The van der Waals surface area contributed by atoms with E-state index in [0.29, 0.717) is 17.0 Å². The van der Waals surface area contributed by atoms with E-state index in [1.165, 1.54) is 35.3 Å². The van der Waals surface area contributed by atoms with Crippen molar-refractivity contribution in [2.45, 2.75) is 18.7 Å². The van der Waals surface area contributed by atoms with Gasteiger partial charge in [-0.05, 0) is 64.5 Å². The predicted molar refractivity (Wildman–Crippen MR) is 124 cm³/mol.